The van der Waals surface area contributed by atoms with Crippen molar-refractivity contribution in [1.82, 2.24) is 25.0 Å². The molecule has 8 heteroatoms. The van der Waals surface area contributed by atoms with Crippen LogP contribution in [0.25, 0.3) is 0 Å². The second-order valence-corrected chi connectivity index (χ2v) is 6.49. The number of hydrogen-bond acceptors (Lipinski definition) is 8. The topological polar surface area (TPSA) is 84.2 Å². The molecule has 0 atom stereocenters. The van der Waals surface area contributed by atoms with Crippen molar-refractivity contribution in [3.05, 3.63) is 36.2 Å². The Labute approximate surface area is 153 Å². The monoisotopic (exact) mass is 350 g/mol. The highest BCUT2D eigenvalue weighted by atomic mass is 15.6. The van der Waals surface area contributed by atoms with Gasteiger partial charge in [0.2, 0.25) is 17.7 Å². The van der Waals surface area contributed by atoms with Crippen molar-refractivity contribution >= 4 is 17.6 Å². The molecule has 2 saturated heterocycles. The summed E-state index contributed by atoms with van der Waals surface area (Å²) in [4.78, 5) is 15.2. The number of anilines is 3. The number of benzene rings is 1. The van der Waals surface area contributed by atoms with E-state index in [-0.39, 0.29) is 5.82 Å². The Bertz CT molecular complexity index is 774. The molecule has 0 amide bonds. The first-order valence-electron chi connectivity index (χ1n) is 9.05. The van der Waals surface area contributed by atoms with Gasteiger partial charge in [0, 0.05) is 45.0 Å². The van der Waals surface area contributed by atoms with E-state index in [9.17, 15) is 5.26 Å². The Morgan fingerprint density at radius 3 is 2.23 bits per heavy atom. The highest BCUT2D eigenvalue weighted by Crippen LogP contribution is 2.19. The van der Waals surface area contributed by atoms with E-state index >= 15 is 0 Å². The van der Waals surface area contributed by atoms with Gasteiger partial charge in [0.25, 0.3) is 0 Å². The van der Waals surface area contributed by atoms with Crippen LogP contribution in [0.2, 0.25) is 0 Å². The van der Waals surface area contributed by atoms with Crippen molar-refractivity contribution in [2.75, 3.05) is 49.5 Å². The summed E-state index contributed by atoms with van der Waals surface area (Å²) in [7, 11) is 0. The molecule has 0 aliphatic carbocycles. The average molecular weight is 350 g/mol. The third-order valence-electron chi connectivity index (χ3n) is 4.77. The van der Waals surface area contributed by atoms with Crippen LogP contribution < -0.4 is 10.2 Å². The zero-order valence-electron chi connectivity index (χ0n) is 14.7. The van der Waals surface area contributed by atoms with E-state index in [1.807, 2.05) is 36.4 Å². The fraction of sp³-hybridized carbons (Fsp3) is 0.444. The summed E-state index contributed by atoms with van der Waals surface area (Å²) in [6.45, 7) is 5.92. The van der Waals surface area contributed by atoms with E-state index < -0.39 is 0 Å². The molecule has 0 radical (unpaired) electrons. The molecule has 2 aliphatic heterocycles. The lowest BCUT2D eigenvalue weighted by atomic mass is 10.3. The van der Waals surface area contributed by atoms with Crippen molar-refractivity contribution in [3.8, 4) is 6.07 Å². The molecule has 1 aromatic carbocycles. The van der Waals surface area contributed by atoms with Crippen LogP contribution in [0.15, 0.2) is 30.3 Å². The van der Waals surface area contributed by atoms with Gasteiger partial charge in [-0.15, -0.1) is 0 Å². The van der Waals surface area contributed by atoms with Crippen molar-refractivity contribution in [1.29, 1.82) is 5.26 Å². The summed E-state index contributed by atoms with van der Waals surface area (Å²) in [5.41, 5.74) is 0.882. The van der Waals surface area contributed by atoms with Crippen LogP contribution in [0.5, 0.6) is 0 Å². The predicted molar refractivity (Wildman–Crippen MR) is 98.9 cm³/mol. The molecule has 4 rings (SSSR count). The van der Waals surface area contributed by atoms with Crippen LogP contribution in [0, 0.1) is 11.3 Å². The van der Waals surface area contributed by atoms with Crippen molar-refractivity contribution in [3.63, 3.8) is 0 Å². The predicted octanol–water partition coefficient (Wildman–Crippen LogP) is 1.62. The number of piperazine rings is 1. The van der Waals surface area contributed by atoms with Gasteiger partial charge in [-0.2, -0.15) is 20.2 Å². The van der Waals surface area contributed by atoms with Gasteiger partial charge < -0.3 is 10.2 Å². The van der Waals surface area contributed by atoms with E-state index in [1.165, 1.54) is 12.8 Å². The Hall–Kier alpha value is -2.76. The summed E-state index contributed by atoms with van der Waals surface area (Å²) in [5, 5.41) is 17.3. The second-order valence-electron chi connectivity index (χ2n) is 6.49. The maximum atomic E-state index is 9.27. The molecule has 134 valence electrons. The van der Waals surface area contributed by atoms with Gasteiger partial charge in [0.1, 0.15) is 6.07 Å². The summed E-state index contributed by atoms with van der Waals surface area (Å²) in [6, 6.07) is 11.7. The van der Waals surface area contributed by atoms with Crippen molar-refractivity contribution < 1.29 is 0 Å². The molecular weight excluding hydrogens is 328 g/mol. The SMILES string of the molecule is N#Cc1nc(Nc2ccccc2)nc(N2CCN(N3CCCC3)CC2)n1. The number of para-hydroxylation sites is 1. The molecule has 2 aliphatic rings. The molecule has 26 heavy (non-hydrogen) atoms. The van der Waals surface area contributed by atoms with E-state index in [2.05, 4.69) is 35.2 Å². The van der Waals surface area contributed by atoms with Crippen LogP contribution in [0.3, 0.4) is 0 Å². The third kappa shape index (κ3) is 3.74. The Balaban J connectivity index is 1.47. The number of nitrogens with one attached hydrogen (secondary N) is 1. The Morgan fingerprint density at radius 2 is 1.54 bits per heavy atom. The van der Waals surface area contributed by atoms with Gasteiger partial charge in [-0.3, -0.25) is 0 Å². The molecule has 0 saturated carbocycles. The van der Waals surface area contributed by atoms with E-state index in [0.29, 0.717) is 11.9 Å². The van der Waals surface area contributed by atoms with Crippen molar-refractivity contribution in [2.24, 2.45) is 0 Å². The van der Waals surface area contributed by atoms with Crippen LogP contribution in [0.1, 0.15) is 18.7 Å². The number of nitriles is 1. The minimum atomic E-state index is 0.135. The van der Waals surface area contributed by atoms with Crippen molar-refractivity contribution in [2.45, 2.75) is 12.8 Å². The smallest absolute Gasteiger partial charge is 0.238 e. The van der Waals surface area contributed by atoms with E-state index in [0.717, 1.165) is 45.0 Å². The standard InChI is InChI=1S/C18H22N8/c19-14-16-21-17(20-15-6-2-1-3-7-15)23-18(22-16)24-10-12-26(13-11-24)25-8-4-5-9-25/h1-3,6-7H,4-5,8-13H2,(H,20,21,22,23). The Morgan fingerprint density at radius 1 is 0.846 bits per heavy atom. The van der Waals surface area contributed by atoms with Gasteiger partial charge in [-0.25, -0.2) is 10.0 Å². The fourth-order valence-electron chi connectivity index (χ4n) is 3.42. The summed E-state index contributed by atoms with van der Waals surface area (Å²) in [5.74, 6) is 1.10. The van der Waals surface area contributed by atoms with Gasteiger partial charge in [-0.1, -0.05) is 18.2 Å². The molecule has 2 aromatic rings. The molecular formula is C18H22N8. The maximum absolute atomic E-state index is 9.27. The van der Waals surface area contributed by atoms with E-state index in [4.69, 9.17) is 0 Å². The number of hydrazine groups is 1. The van der Waals surface area contributed by atoms with Gasteiger partial charge in [0.15, 0.2) is 0 Å². The minimum Gasteiger partial charge on any atom is -0.338 e. The number of rotatable bonds is 4. The minimum absolute atomic E-state index is 0.135. The molecule has 0 unspecified atom stereocenters. The molecule has 8 nitrogen and oxygen atoms in total. The largest absolute Gasteiger partial charge is 0.338 e. The van der Waals surface area contributed by atoms with Crippen LogP contribution in [0.4, 0.5) is 17.6 Å². The van der Waals surface area contributed by atoms with Crippen LogP contribution >= 0.6 is 0 Å². The lowest BCUT2D eigenvalue weighted by molar-refractivity contribution is -0.00780. The normalized spacial score (nSPS) is 18.7. The second kappa shape index (κ2) is 7.64. The van der Waals surface area contributed by atoms with Crippen LogP contribution in [-0.2, 0) is 0 Å². The van der Waals surface area contributed by atoms with Gasteiger partial charge >= 0.3 is 0 Å². The highest BCUT2D eigenvalue weighted by Gasteiger charge is 2.25. The van der Waals surface area contributed by atoms with Gasteiger partial charge in [0.05, 0.1) is 0 Å². The lowest BCUT2D eigenvalue weighted by Gasteiger charge is -2.39. The number of nitrogens with zero attached hydrogens (tertiary/aromatic N) is 7. The van der Waals surface area contributed by atoms with E-state index in [1.54, 1.807) is 0 Å². The fourth-order valence-corrected chi connectivity index (χ4v) is 3.42. The molecule has 1 aromatic heterocycles. The molecule has 0 bridgehead atoms. The first-order valence-corrected chi connectivity index (χ1v) is 9.05. The maximum Gasteiger partial charge on any atom is 0.238 e. The summed E-state index contributed by atoms with van der Waals surface area (Å²) >= 11 is 0. The van der Waals surface area contributed by atoms with Gasteiger partial charge in [-0.05, 0) is 25.0 Å². The zero-order valence-corrected chi connectivity index (χ0v) is 14.7. The highest BCUT2D eigenvalue weighted by molar-refractivity contribution is 5.54. The summed E-state index contributed by atoms with van der Waals surface area (Å²) in [6.07, 6.45) is 2.57. The molecule has 1 N–H and O–H groups in total. The first kappa shape index (κ1) is 16.7. The zero-order chi connectivity index (χ0) is 17.8. The average Bonchev–Trinajstić information content (AvgIpc) is 3.23. The first-order chi connectivity index (χ1) is 12.8. The number of hydrogen-bond donors (Lipinski definition) is 1. The molecule has 0 spiro atoms. The van der Waals surface area contributed by atoms with Crippen LogP contribution in [-0.4, -0.2) is 64.2 Å². The molecule has 2 fully saturated rings. The summed E-state index contributed by atoms with van der Waals surface area (Å²) < 4.78 is 0. The number of aromatic nitrogens is 3. The molecule has 3 heterocycles. The quantitative estimate of drug-likeness (QED) is 0.890. The third-order valence-corrected chi connectivity index (χ3v) is 4.77. The lowest BCUT2D eigenvalue weighted by Crippen LogP contribution is -2.53. The Kier molecular flexibility index (Phi) is 4.91.